The standard InChI is InChI=1S/C11H22O6/c1-10(11(12)14-3)17-9-8-16-7-6-15-5-4-13-2/h10H,4-9H2,1-3H3. The summed E-state index contributed by atoms with van der Waals surface area (Å²) in [5.74, 6) is -0.382. The van der Waals surface area contributed by atoms with Gasteiger partial charge in [0.05, 0.1) is 46.8 Å². The molecule has 0 aliphatic rings. The van der Waals surface area contributed by atoms with Crippen molar-refractivity contribution in [2.75, 3.05) is 53.9 Å². The van der Waals surface area contributed by atoms with E-state index in [-0.39, 0.29) is 5.97 Å². The zero-order valence-corrected chi connectivity index (χ0v) is 10.8. The van der Waals surface area contributed by atoms with Crippen LogP contribution < -0.4 is 0 Å². The molecule has 0 amide bonds. The molecule has 6 heteroatoms. The van der Waals surface area contributed by atoms with Crippen LogP contribution in [0, 0.1) is 0 Å². The fourth-order valence-corrected chi connectivity index (χ4v) is 0.982. The minimum Gasteiger partial charge on any atom is -0.467 e. The molecule has 6 nitrogen and oxygen atoms in total. The minimum atomic E-state index is -0.554. The summed E-state index contributed by atoms with van der Waals surface area (Å²) in [4.78, 5) is 11.0. The molecular formula is C11H22O6. The lowest BCUT2D eigenvalue weighted by molar-refractivity contribution is -0.153. The Kier molecular flexibility index (Phi) is 11.3. The molecular weight excluding hydrogens is 228 g/mol. The summed E-state index contributed by atoms with van der Waals surface area (Å²) in [6.07, 6.45) is -0.554. The molecule has 1 atom stereocenters. The fourth-order valence-electron chi connectivity index (χ4n) is 0.982. The van der Waals surface area contributed by atoms with Gasteiger partial charge in [0.2, 0.25) is 0 Å². The number of esters is 1. The van der Waals surface area contributed by atoms with Crippen molar-refractivity contribution in [1.29, 1.82) is 0 Å². The molecule has 0 radical (unpaired) electrons. The Morgan fingerprint density at radius 3 is 2.00 bits per heavy atom. The molecule has 0 spiro atoms. The molecule has 0 aliphatic heterocycles. The van der Waals surface area contributed by atoms with E-state index in [0.717, 1.165) is 0 Å². The lowest BCUT2D eigenvalue weighted by atomic mass is 10.4. The van der Waals surface area contributed by atoms with Crippen LogP contribution in [0.15, 0.2) is 0 Å². The lowest BCUT2D eigenvalue weighted by Gasteiger charge is -2.10. The van der Waals surface area contributed by atoms with Gasteiger partial charge in [0.1, 0.15) is 0 Å². The van der Waals surface area contributed by atoms with Crippen LogP contribution in [0.3, 0.4) is 0 Å². The number of rotatable bonds is 11. The van der Waals surface area contributed by atoms with Gasteiger partial charge in [-0.05, 0) is 6.92 Å². The quantitative estimate of drug-likeness (QED) is 0.387. The van der Waals surface area contributed by atoms with Crippen molar-refractivity contribution in [2.24, 2.45) is 0 Å². The highest BCUT2D eigenvalue weighted by atomic mass is 16.6. The summed E-state index contributed by atoms with van der Waals surface area (Å²) in [6, 6.07) is 0. The van der Waals surface area contributed by atoms with Crippen LogP contribution in [0.25, 0.3) is 0 Å². The van der Waals surface area contributed by atoms with Crippen LogP contribution in [0.1, 0.15) is 6.92 Å². The number of ether oxygens (including phenoxy) is 5. The van der Waals surface area contributed by atoms with Gasteiger partial charge in [-0.1, -0.05) is 0 Å². The van der Waals surface area contributed by atoms with Crippen molar-refractivity contribution in [2.45, 2.75) is 13.0 Å². The Bertz CT molecular complexity index is 185. The second kappa shape index (κ2) is 11.8. The highest BCUT2D eigenvalue weighted by Gasteiger charge is 2.12. The van der Waals surface area contributed by atoms with Gasteiger partial charge in [0, 0.05) is 7.11 Å². The van der Waals surface area contributed by atoms with E-state index < -0.39 is 6.10 Å². The van der Waals surface area contributed by atoms with E-state index in [2.05, 4.69) is 4.74 Å². The van der Waals surface area contributed by atoms with Gasteiger partial charge < -0.3 is 23.7 Å². The average Bonchev–Trinajstić information content (AvgIpc) is 2.35. The molecule has 0 bridgehead atoms. The summed E-state index contributed by atoms with van der Waals surface area (Å²) in [7, 11) is 2.95. The van der Waals surface area contributed by atoms with Crippen LogP contribution >= 0.6 is 0 Å². The molecule has 17 heavy (non-hydrogen) atoms. The average molecular weight is 250 g/mol. The van der Waals surface area contributed by atoms with Gasteiger partial charge in [-0.25, -0.2) is 4.79 Å². The van der Waals surface area contributed by atoms with Gasteiger partial charge in [0.25, 0.3) is 0 Å². The molecule has 0 aliphatic carbocycles. The zero-order chi connectivity index (χ0) is 12.9. The smallest absolute Gasteiger partial charge is 0.334 e. The van der Waals surface area contributed by atoms with Gasteiger partial charge in [-0.3, -0.25) is 0 Å². The topological polar surface area (TPSA) is 63.2 Å². The van der Waals surface area contributed by atoms with E-state index in [4.69, 9.17) is 18.9 Å². The monoisotopic (exact) mass is 250 g/mol. The Morgan fingerprint density at radius 2 is 1.47 bits per heavy atom. The number of methoxy groups -OCH3 is 2. The van der Waals surface area contributed by atoms with Crippen molar-refractivity contribution in [3.63, 3.8) is 0 Å². The molecule has 0 aromatic heterocycles. The van der Waals surface area contributed by atoms with E-state index >= 15 is 0 Å². The predicted octanol–water partition coefficient (Wildman–Crippen LogP) is 0.244. The van der Waals surface area contributed by atoms with E-state index in [1.807, 2.05) is 0 Å². The fraction of sp³-hybridized carbons (Fsp3) is 0.909. The maximum atomic E-state index is 11.0. The molecule has 0 heterocycles. The predicted molar refractivity (Wildman–Crippen MR) is 60.9 cm³/mol. The van der Waals surface area contributed by atoms with E-state index in [1.54, 1.807) is 14.0 Å². The van der Waals surface area contributed by atoms with Gasteiger partial charge in [0.15, 0.2) is 6.10 Å². The molecule has 0 fully saturated rings. The maximum absolute atomic E-state index is 11.0. The third-order valence-electron chi connectivity index (χ3n) is 1.93. The van der Waals surface area contributed by atoms with E-state index in [0.29, 0.717) is 39.6 Å². The molecule has 102 valence electrons. The van der Waals surface area contributed by atoms with Crippen molar-refractivity contribution in [1.82, 2.24) is 0 Å². The van der Waals surface area contributed by atoms with Crippen LogP contribution in [0.4, 0.5) is 0 Å². The molecule has 0 N–H and O–H groups in total. The molecule has 1 unspecified atom stereocenters. The van der Waals surface area contributed by atoms with Crippen molar-refractivity contribution >= 4 is 5.97 Å². The van der Waals surface area contributed by atoms with Crippen molar-refractivity contribution < 1.29 is 28.5 Å². The largest absolute Gasteiger partial charge is 0.467 e. The van der Waals surface area contributed by atoms with E-state index in [9.17, 15) is 4.79 Å². The number of hydrogen-bond acceptors (Lipinski definition) is 6. The number of carbonyl (C=O) groups is 1. The van der Waals surface area contributed by atoms with Crippen molar-refractivity contribution in [3.05, 3.63) is 0 Å². The molecule has 0 rings (SSSR count). The number of carbonyl (C=O) groups excluding carboxylic acids is 1. The third kappa shape index (κ3) is 10.2. The second-order valence-corrected chi connectivity index (χ2v) is 3.25. The summed E-state index contributed by atoms with van der Waals surface area (Å²) >= 11 is 0. The first-order valence-electron chi connectivity index (χ1n) is 5.56. The maximum Gasteiger partial charge on any atom is 0.334 e. The molecule has 0 aromatic carbocycles. The zero-order valence-electron chi connectivity index (χ0n) is 10.8. The summed E-state index contributed by atoms with van der Waals surface area (Å²) in [6.45, 7) is 4.59. The first-order valence-corrected chi connectivity index (χ1v) is 5.56. The molecule has 0 saturated carbocycles. The Morgan fingerprint density at radius 1 is 0.941 bits per heavy atom. The SMILES string of the molecule is COCCOCCOCCOC(C)C(=O)OC. The second-order valence-electron chi connectivity index (χ2n) is 3.25. The number of hydrogen-bond donors (Lipinski definition) is 0. The van der Waals surface area contributed by atoms with Crippen molar-refractivity contribution in [3.8, 4) is 0 Å². The molecule has 0 aromatic rings. The Hall–Kier alpha value is -0.690. The lowest BCUT2D eigenvalue weighted by Crippen LogP contribution is -2.24. The van der Waals surface area contributed by atoms with Crippen LogP contribution in [-0.4, -0.2) is 65.9 Å². The Labute approximate surface area is 102 Å². The van der Waals surface area contributed by atoms with Gasteiger partial charge in [-0.2, -0.15) is 0 Å². The van der Waals surface area contributed by atoms with Crippen LogP contribution in [0.5, 0.6) is 0 Å². The molecule has 0 saturated heterocycles. The highest BCUT2D eigenvalue weighted by molar-refractivity contribution is 5.73. The Balaban J connectivity index is 3.15. The van der Waals surface area contributed by atoms with Gasteiger partial charge in [-0.15, -0.1) is 0 Å². The third-order valence-corrected chi connectivity index (χ3v) is 1.93. The highest BCUT2D eigenvalue weighted by Crippen LogP contribution is 1.93. The summed E-state index contributed by atoms with van der Waals surface area (Å²) in [5, 5.41) is 0. The van der Waals surface area contributed by atoms with E-state index in [1.165, 1.54) is 7.11 Å². The van der Waals surface area contributed by atoms with Crippen LogP contribution in [-0.2, 0) is 28.5 Å². The first-order chi connectivity index (χ1) is 8.22. The van der Waals surface area contributed by atoms with Crippen LogP contribution in [0.2, 0.25) is 0 Å². The minimum absolute atomic E-state index is 0.355. The van der Waals surface area contributed by atoms with Gasteiger partial charge >= 0.3 is 5.97 Å². The summed E-state index contributed by atoms with van der Waals surface area (Å²) < 4.78 is 24.9. The first kappa shape index (κ1) is 16.3. The summed E-state index contributed by atoms with van der Waals surface area (Å²) in [5.41, 5.74) is 0. The normalized spacial score (nSPS) is 12.4.